The third-order valence-electron chi connectivity index (χ3n) is 3.65. The molecular weight excluding hydrogens is 256 g/mol. The zero-order chi connectivity index (χ0) is 14.5. The molecule has 20 heavy (non-hydrogen) atoms. The van der Waals surface area contributed by atoms with E-state index in [1.54, 1.807) is 12.1 Å². The van der Waals surface area contributed by atoms with E-state index in [2.05, 4.69) is 10.6 Å². The Morgan fingerprint density at radius 2 is 2.25 bits per heavy atom. The van der Waals surface area contributed by atoms with E-state index in [0.29, 0.717) is 12.2 Å². The van der Waals surface area contributed by atoms with Crippen LogP contribution in [0.2, 0.25) is 0 Å². The van der Waals surface area contributed by atoms with Crippen LogP contribution >= 0.6 is 0 Å². The van der Waals surface area contributed by atoms with E-state index in [0.717, 1.165) is 31.4 Å². The molecule has 5 nitrogen and oxygen atoms in total. The Balaban J connectivity index is 2.15. The second kappa shape index (κ2) is 6.52. The second-order valence-corrected chi connectivity index (χ2v) is 5.07. The van der Waals surface area contributed by atoms with Crippen molar-refractivity contribution in [3.05, 3.63) is 29.3 Å². The molecule has 1 aliphatic heterocycles. The first-order valence-corrected chi connectivity index (χ1v) is 6.99. The minimum atomic E-state index is -1.02. The average molecular weight is 276 g/mol. The van der Waals surface area contributed by atoms with Gasteiger partial charge in [-0.3, -0.25) is 4.79 Å². The van der Waals surface area contributed by atoms with Crippen molar-refractivity contribution >= 4 is 17.6 Å². The van der Waals surface area contributed by atoms with Crippen molar-refractivity contribution < 1.29 is 14.7 Å². The third kappa shape index (κ3) is 3.36. The summed E-state index contributed by atoms with van der Waals surface area (Å²) in [4.78, 5) is 23.4. The molecule has 0 radical (unpaired) electrons. The largest absolute Gasteiger partial charge is 0.478 e. The lowest BCUT2D eigenvalue weighted by atomic mass is 9.98. The zero-order valence-corrected chi connectivity index (χ0v) is 11.6. The predicted octanol–water partition coefficient (Wildman–Crippen LogP) is 1.89. The van der Waals surface area contributed by atoms with Gasteiger partial charge in [-0.1, -0.05) is 13.0 Å². The van der Waals surface area contributed by atoms with E-state index < -0.39 is 5.97 Å². The fourth-order valence-electron chi connectivity index (χ4n) is 2.41. The first-order valence-electron chi connectivity index (χ1n) is 6.99. The molecule has 0 aromatic heterocycles. The van der Waals surface area contributed by atoms with Crippen molar-refractivity contribution in [3.63, 3.8) is 0 Å². The second-order valence-electron chi connectivity index (χ2n) is 5.07. The summed E-state index contributed by atoms with van der Waals surface area (Å²) in [6.07, 6.45) is 2.58. The van der Waals surface area contributed by atoms with E-state index >= 15 is 0 Å². The first kappa shape index (κ1) is 14.5. The van der Waals surface area contributed by atoms with Gasteiger partial charge in [-0.15, -0.1) is 0 Å². The first-order chi connectivity index (χ1) is 9.61. The molecule has 5 heteroatoms. The number of aryl methyl sites for hydroxylation is 1. The number of hydrogen-bond acceptors (Lipinski definition) is 3. The van der Waals surface area contributed by atoms with Gasteiger partial charge in [0.25, 0.3) is 0 Å². The molecule has 2 rings (SSSR count). The lowest BCUT2D eigenvalue weighted by molar-refractivity contribution is -0.120. The molecule has 1 aromatic rings. The molecule has 1 aliphatic rings. The summed E-state index contributed by atoms with van der Waals surface area (Å²) in [5.41, 5.74) is 1.48. The Morgan fingerprint density at radius 3 is 2.85 bits per heavy atom. The van der Waals surface area contributed by atoms with E-state index in [9.17, 15) is 14.7 Å². The van der Waals surface area contributed by atoms with Crippen LogP contribution in [-0.2, 0) is 11.2 Å². The monoisotopic (exact) mass is 276 g/mol. The lowest BCUT2D eigenvalue weighted by Gasteiger charge is -2.22. The molecule has 0 spiro atoms. The van der Waals surface area contributed by atoms with E-state index in [1.807, 2.05) is 13.0 Å². The van der Waals surface area contributed by atoms with Crippen molar-refractivity contribution in [3.8, 4) is 0 Å². The number of rotatable bonds is 4. The number of carbonyl (C=O) groups excluding carboxylic acids is 1. The number of carboxylic acids is 1. The van der Waals surface area contributed by atoms with Crippen LogP contribution in [0.25, 0.3) is 0 Å². The van der Waals surface area contributed by atoms with Gasteiger partial charge >= 0.3 is 5.97 Å². The number of carboxylic acid groups (broad SMARTS) is 1. The van der Waals surface area contributed by atoms with Crippen molar-refractivity contribution in [1.82, 2.24) is 5.32 Å². The highest BCUT2D eigenvalue weighted by Gasteiger charge is 2.22. The Labute approximate surface area is 118 Å². The maximum atomic E-state index is 12.2. The average Bonchev–Trinajstić information content (AvgIpc) is 2.48. The number of piperidine rings is 1. The van der Waals surface area contributed by atoms with Crippen molar-refractivity contribution in [2.45, 2.75) is 26.2 Å². The maximum Gasteiger partial charge on any atom is 0.337 e. The molecule has 1 amide bonds. The zero-order valence-electron chi connectivity index (χ0n) is 11.6. The van der Waals surface area contributed by atoms with Gasteiger partial charge in [0.2, 0.25) is 5.91 Å². The minimum Gasteiger partial charge on any atom is -0.478 e. The van der Waals surface area contributed by atoms with Gasteiger partial charge < -0.3 is 15.7 Å². The van der Waals surface area contributed by atoms with Gasteiger partial charge in [0.05, 0.1) is 17.2 Å². The summed E-state index contributed by atoms with van der Waals surface area (Å²) in [5, 5.41) is 15.2. The third-order valence-corrected chi connectivity index (χ3v) is 3.65. The summed E-state index contributed by atoms with van der Waals surface area (Å²) in [6, 6.07) is 5.15. The highest BCUT2D eigenvalue weighted by Crippen LogP contribution is 2.20. The summed E-state index contributed by atoms with van der Waals surface area (Å²) >= 11 is 0. The fraction of sp³-hybridized carbons (Fsp3) is 0.467. The molecule has 1 heterocycles. The van der Waals surface area contributed by atoms with Crippen molar-refractivity contribution in [2.75, 3.05) is 18.4 Å². The molecule has 0 bridgehead atoms. The van der Waals surface area contributed by atoms with Crippen molar-refractivity contribution in [1.29, 1.82) is 0 Å². The maximum absolute atomic E-state index is 12.2. The molecule has 1 unspecified atom stereocenters. The van der Waals surface area contributed by atoms with Crippen LogP contribution in [-0.4, -0.2) is 30.1 Å². The predicted molar refractivity (Wildman–Crippen MR) is 77.0 cm³/mol. The molecule has 1 saturated heterocycles. The van der Waals surface area contributed by atoms with Crippen LogP contribution in [0.4, 0.5) is 5.69 Å². The highest BCUT2D eigenvalue weighted by atomic mass is 16.4. The van der Waals surface area contributed by atoms with Gasteiger partial charge in [0.1, 0.15) is 0 Å². The summed E-state index contributed by atoms with van der Waals surface area (Å²) in [6.45, 7) is 3.56. The molecule has 1 atom stereocenters. The van der Waals surface area contributed by atoms with Crippen LogP contribution in [0.15, 0.2) is 18.2 Å². The fourth-order valence-corrected chi connectivity index (χ4v) is 2.41. The Morgan fingerprint density at radius 1 is 1.45 bits per heavy atom. The Bertz CT molecular complexity index is 508. The van der Waals surface area contributed by atoms with Crippen LogP contribution in [0.3, 0.4) is 0 Å². The Kier molecular flexibility index (Phi) is 4.74. The molecule has 1 aromatic carbocycles. The standard InChI is InChI=1S/C15H20N2O3/c1-2-10-5-6-13(12(8-10)15(19)20)17-14(18)11-4-3-7-16-9-11/h5-6,8,11,16H,2-4,7,9H2,1H3,(H,17,18)(H,19,20). The Hall–Kier alpha value is -1.88. The molecular formula is C15H20N2O3. The van der Waals surface area contributed by atoms with Gasteiger partial charge in [0.15, 0.2) is 0 Å². The van der Waals surface area contributed by atoms with E-state index in [4.69, 9.17) is 0 Å². The van der Waals surface area contributed by atoms with Gasteiger partial charge in [-0.05, 0) is 43.5 Å². The van der Waals surface area contributed by atoms with E-state index in [-0.39, 0.29) is 17.4 Å². The topological polar surface area (TPSA) is 78.4 Å². The molecule has 0 saturated carbocycles. The summed E-state index contributed by atoms with van der Waals surface area (Å²) < 4.78 is 0. The normalized spacial score (nSPS) is 18.6. The van der Waals surface area contributed by atoms with Gasteiger partial charge in [-0.25, -0.2) is 4.79 Å². The van der Waals surface area contributed by atoms with Gasteiger partial charge in [-0.2, -0.15) is 0 Å². The van der Waals surface area contributed by atoms with Crippen molar-refractivity contribution in [2.24, 2.45) is 5.92 Å². The molecule has 0 aliphatic carbocycles. The van der Waals surface area contributed by atoms with Crippen LogP contribution in [0.1, 0.15) is 35.7 Å². The number of benzene rings is 1. The summed E-state index contributed by atoms with van der Waals surface area (Å²) in [7, 11) is 0. The molecule has 108 valence electrons. The highest BCUT2D eigenvalue weighted by molar-refractivity contribution is 6.01. The quantitative estimate of drug-likeness (QED) is 0.784. The SMILES string of the molecule is CCc1ccc(NC(=O)C2CCCNC2)c(C(=O)O)c1. The number of anilines is 1. The number of carbonyl (C=O) groups is 2. The van der Waals surface area contributed by atoms with E-state index in [1.165, 1.54) is 0 Å². The van der Waals surface area contributed by atoms with Crippen LogP contribution < -0.4 is 10.6 Å². The molecule has 3 N–H and O–H groups in total. The lowest BCUT2D eigenvalue weighted by Crippen LogP contribution is -2.37. The number of amides is 1. The number of nitrogens with one attached hydrogen (secondary N) is 2. The van der Waals surface area contributed by atoms with Gasteiger partial charge in [0, 0.05) is 6.54 Å². The van der Waals surface area contributed by atoms with Crippen LogP contribution in [0.5, 0.6) is 0 Å². The number of hydrogen-bond donors (Lipinski definition) is 3. The molecule has 1 fully saturated rings. The number of aromatic carboxylic acids is 1. The smallest absolute Gasteiger partial charge is 0.337 e. The summed E-state index contributed by atoms with van der Waals surface area (Å²) in [5.74, 6) is -1.21. The minimum absolute atomic E-state index is 0.0868. The van der Waals surface area contributed by atoms with Crippen LogP contribution in [0, 0.1) is 5.92 Å².